The molecule has 1 aromatic heterocycles. The third-order valence-corrected chi connectivity index (χ3v) is 4.42. The van der Waals surface area contributed by atoms with Gasteiger partial charge in [-0.2, -0.15) is 8.78 Å². The highest BCUT2D eigenvalue weighted by Crippen LogP contribution is 2.21. The number of aromatic amines is 1. The molecule has 2 aromatic carbocycles. The number of benzene rings is 2. The molecule has 0 aliphatic rings. The third-order valence-electron chi connectivity index (χ3n) is 4.42. The SMILES string of the molecule is COCCN(Cc1nc2ccccc2c(=O)[nH]1)C(=O)/C=C/c1ccccc1OC(F)F. The average Bonchev–Trinajstić information content (AvgIpc) is 2.75. The minimum absolute atomic E-state index is 0.0366. The molecule has 0 atom stereocenters. The second-order valence-corrected chi connectivity index (χ2v) is 6.53. The van der Waals surface area contributed by atoms with Crippen molar-refractivity contribution in [2.24, 2.45) is 0 Å². The molecule has 0 aliphatic heterocycles. The van der Waals surface area contributed by atoms with Gasteiger partial charge < -0.3 is 19.4 Å². The van der Waals surface area contributed by atoms with Crippen LogP contribution >= 0.6 is 0 Å². The maximum absolute atomic E-state index is 12.8. The summed E-state index contributed by atoms with van der Waals surface area (Å²) in [6, 6.07) is 13.1. The van der Waals surface area contributed by atoms with E-state index in [0.717, 1.165) is 0 Å². The maximum atomic E-state index is 12.8. The van der Waals surface area contributed by atoms with E-state index in [1.165, 1.54) is 30.2 Å². The van der Waals surface area contributed by atoms with Gasteiger partial charge in [0, 0.05) is 25.3 Å². The van der Waals surface area contributed by atoms with Crippen LogP contribution in [0, 0.1) is 0 Å². The van der Waals surface area contributed by atoms with E-state index in [-0.39, 0.29) is 31.0 Å². The Morgan fingerprint density at radius 2 is 1.94 bits per heavy atom. The molecule has 3 rings (SSSR count). The molecule has 31 heavy (non-hydrogen) atoms. The summed E-state index contributed by atoms with van der Waals surface area (Å²) in [5, 5.41) is 0.455. The van der Waals surface area contributed by atoms with Crippen LogP contribution in [0.25, 0.3) is 17.0 Å². The molecular weight excluding hydrogens is 408 g/mol. The zero-order chi connectivity index (χ0) is 22.2. The van der Waals surface area contributed by atoms with Gasteiger partial charge in [0.25, 0.3) is 5.56 Å². The first-order valence-electron chi connectivity index (χ1n) is 9.45. The van der Waals surface area contributed by atoms with Gasteiger partial charge in [-0.1, -0.05) is 30.3 Å². The van der Waals surface area contributed by atoms with Crippen LogP contribution in [0.1, 0.15) is 11.4 Å². The Balaban J connectivity index is 1.82. The molecule has 0 bridgehead atoms. The summed E-state index contributed by atoms with van der Waals surface area (Å²) in [5.74, 6) is -0.117. The summed E-state index contributed by atoms with van der Waals surface area (Å²) in [6.45, 7) is -2.42. The quantitative estimate of drug-likeness (QED) is 0.528. The standard InChI is InChI=1S/C22H21F2N3O4/c1-30-13-12-27(14-19-25-17-8-4-3-7-16(17)21(29)26-19)20(28)11-10-15-6-2-5-9-18(15)31-22(23)24/h2-11,22H,12-14H2,1H3,(H,25,26,29)/b11-10+. The van der Waals surface area contributed by atoms with Gasteiger partial charge in [0.15, 0.2) is 0 Å². The van der Waals surface area contributed by atoms with E-state index in [0.29, 0.717) is 22.3 Å². The number of nitrogens with zero attached hydrogens (tertiary/aromatic N) is 2. The molecule has 0 radical (unpaired) electrons. The number of rotatable bonds is 9. The monoisotopic (exact) mass is 429 g/mol. The number of hydrogen-bond donors (Lipinski definition) is 1. The van der Waals surface area contributed by atoms with Crippen molar-refractivity contribution in [3.05, 3.63) is 76.3 Å². The first-order chi connectivity index (χ1) is 15.0. The Morgan fingerprint density at radius 1 is 1.19 bits per heavy atom. The number of hydrogen-bond acceptors (Lipinski definition) is 5. The first-order valence-corrected chi connectivity index (χ1v) is 9.45. The zero-order valence-electron chi connectivity index (χ0n) is 16.8. The van der Waals surface area contributed by atoms with Crippen molar-refractivity contribution in [1.29, 1.82) is 0 Å². The van der Waals surface area contributed by atoms with E-state index in [1.54, 1.807) is 42.5 Å². The fourth-order valence-electron chi connectivity index (χ4n) is 2.95. The van der Waals surface area contributed by atoms with E-state index >= 15 is 0 Å². The highest BCUT2D eigenvalue weighted by atomic mass is 19.3. The number of nitrogens with one attached hydrogen (secondary N) is 1. The molecule has 0 spiro atoms. The van der Waals surface area contributed by atoms with Crippen molar-refractivity contribution in [2.75, 3.05) is 20.3 Å². The number of H-pyrrole nitrogens is 1. The summed E-state index contributed by atoms with van der Waals surface area (Å²) in [7, 11) is 1.51. The van der Waals surface area contributed by atoms with E-state index in [9.17, 15) is 18.4 Å². The van der Waals surface area contributed by atoms with Crippen molar-refractivity contribution >= 4 is 22.9 Å². The van der Waals surface area contributed by atoms with E-state index in [4.69, 9.17) is 4.74 Å². The fraction of sp³-hybridized carbons (Fsp3) is 0.227. The number of para-hydroxylation sites is 2. The smallest absolute Gasteiger partial charge is 0.387 e. The zero-order valence-corrected chi connectivity index (χ0v) is 16.8. The van der Waals surface area contributed by atoms with Crippen LogP contribution < -0.4 is 10.3 Å². The van der Waals surface area contributed by atoms with Crippen molar-refractivity contribution in [3.8, 4) is 5.75 Å². The van der Waals surface area contributed by atoms with Gasteiger partial charge in [0.05, 0.1) is 24.1 Å². The normalized spacial score (nSPS) is 11.4. The number of methoxy groups -OCH3 is 1. The van der Waals surface area contributed by atoms with Gasteiger partial charge in [-0.15, -0.1) is 0 Å². The number of halogens is 2. The lowest BCUT2D eigenvalue weighted by atomic mass is 10.2. The van der Waals surface area contributed by atoms with Gasteiger partial charge in [-0.05, 0) is 24.3 Å². The van der Waals surface area contributed by atoms with Crippen LogP contribution in [0.5, 0.6) is 5.75 Å². The molecular formula is C22H21F2N3O4. The number of ether oxygens (including phenoxy) is 2. The van der Waals surface area contributed by atoms with Crippen LogP contribution in [0.15, 0.2) is 59.4 Å². The molecule has 0 saturated carbocycles. The third kappa shape index (κ3) is 5.95. The predicted molar refractivity (Wildman–Crippen MR) is 112 cm³/mol. The summed E-state index contributed by atoms with van der Waals surface area (Å²) < 4.78 is 34.7. The lowest BCUT2D eigenvalue weighted by Gasteiger charge is -2.20. The minimum Gasteiger partial charge on any atom is -0.434 e. The van der Waals surface area contributed by atoms with Crippen LogP contribution in [0.4, 0.5) is 8.78 Å². The predicted octanol–water partition coefficient (Wildman–Crippen LogP) is 3.21. The largest absolute Gasteiger partial charge is 0.434 e. The van der Waals surface area contributed by atoms with Gasteiger partial charge in [0.1, 0.15) is 11.6 Å². The fourth-order valence-corrected chi connectivity index (χ4v) is 2.95. The van der Waals surface area contributed by atoms with Crippen LogP contribution in [-0.4, -0.2) is 47.6 Å². The molecule has 0 unspecified atom stereocenters. The molecule has 1 N–H and O–H groups in total. The Bertz CT molecular complexity index is 1130. The molecule has 3 aromatic rings. The number of carbonyl (C=O) groups excluding carboxylic acids is 1. The van der Waals surface area contributed by atoms with Gasteiger partial charge in [-0.3, -0.25) is 9.59 Å². The number of amides is 1. The van der Waals surface area contributed by atoms with Crippen molar-refractivity contribution in [2.45, 2.75) is 13.2 Å². The van der Waals surface area contributed by atoms with Crippen molar-refractivity contribution < 1.29 is 23.0 Å². The Kier molecular flexibility index (Phi) is 7.45. The van der Waals surface area contributed by atoms with Crippen molar-refractivity contribution in [1.82, 2.24) is 14.9 Å². The number of alkyl halides is 2. The summed E-state index contributed by atoms with van der Waals surface area (Å²) in [6.07, 6.45) is 2.65. The Hall–Kier alpha value is -3.59. The highest BCUT2D eigenvalue weighted by Gasteiger charge is 2.14. The molecule has 1 amide bonds. The molecule has 0 aliphatic carbocycles. The Labute approximate surface area is 176 Å². The summed E-state index contributed by atoms with van der Waals surface area (Å²) in [4.78, 5) is 33.6. The lowest BCUT2D eigenvalue weighted by Crippen LogP contribution is -2.33. The molecule has 7 nitrogen and oxygen atoms in total. The molecule has 1 heterocycles. The molecule has 9 heteroatoms. The highest BCUT2D eigenvalue weighted by molar-refractivity contribution is 5.92. The first kappa shape index (κ1) is 22.1. The van der Waals surface area contributed by atoms with Gasteiger partial charge in [-0.25, -0.2) is 4.98 Å². The number of fused-ring (bicyclic) bond motifs is 1. The van der Waals surface area contributed by atoms with Crippen LogP contribution in [0.2, 0.25) is 0 Å². The summed E-state index contributed by atoms with van der Waals surface area (Å²) >= 11 is 0. The minimum atomic E-state index is -2.97. The molecule has 0 saturated heterocycles. The second-order valence-electron chi connectivity index (χ2n) is 6.53. The number of aromatic nitrogens is 2. The van der Waals surface area contributed by atoms with Gasteiger partial charge in [0.2, 0.25) is 5.91 Å². The van der Waals surface area contributed by atoms with Crippen LogP contribution in [-0.2, 0) is 16.1 Å². The van der Waals surface area contributed by atoms with E-state index < -0.39 is 12.5 Å². The average molecular weight is 429 g/mol. The topological polar surface area (TPSA) is 84.5 Å². The van der Waals surface area contributed by atoms with Crippen molar-refractivity contribution in [3.63, 3.8) is 0 Å². The maximum Gasteiger partial charge on any atom is 0.387 e. The number of carbonyl (C=O) groups is 1. The Morgan fingerprint density at radius 3 is 2.71 bits per heavy atom. The van der Waals surface area contributed by atoms with Crippen LogP contribution in [0.3, 0.4) is 0 Å². The second kappa shape index (κ2) is 10.4. The molecule has 0 fully saturated rings. The molecule has 162 valence electrons. The summed E-state index contributed by atoms with van der Waals surface area (Å²) in [5.41, 5.74) is 0.558. The van der Waals surface area contributed by atoms with E-state index in [1.807, 2.05) is 0 Å². The van der Waals surface area contributed by atoms with Gasteiger partial charge >= 0.3 is 6.61 Å². The van der Waals surface area contributed by atoms with E-state index in [2.05, 4.69) is 14.7 Å². The lowest BCUT2D eigenvalue weighted by molar-refractivity contribution is -0.127.